The molecule has 0 saturated carbocycles. The highest BCUT2D eigenvalue weighted by Crippen LogP contribution is 1.91. The van der Waals surface area contributed by atoms with Gasteiger partial charge in [0.15, 0.2) is 0 Å². The molecule has 0 radical (unpaired) electrons. The molecular formula is C11H16BrNO. The van der Waals surface area contributed by atoms with Crippen molar-refractivity contribution in [2.24, 2.45) is 5.92 Å². The van der Waals surface area contributed by atoms with Crippen molar-refractivity contribution >= 4 is 21.8 Å². The number of unbranched alkanes of at least 4 members (excludes halogenated alkanes) is 1. The topological polar surface area (TPSA) is 29.1 Å². The summed E-state index contributed by atoms with van der Waals surface area (Å²) >= 11 is 3.01. The standard InChI is InChI=1S/C11H16BrNO/c1-10(2)9-13-11(14)7-5-3-4-6-8-12/h5,7,10H,3-4,9H2,1-2H3,(H,13,14)/b7-5+. The summed E-state index contributed by atoms with van der Waals surface area (Å²) in [7, 11) is 0. The van der Waals surface area contributed by atoms with Crippen LogP contribution in [0, 0.1) is 16.7 Å². The van der Waals surface area contributed by atoms with Crippen molar-refractivity contribution in [2.45, 2.75) is 26.7 Å². The number of carbonyl (C=O) groups is 1. The Kier molecular flexibility index (Phi) is 8.36. The minimum absolute atomic E-state index is 0.0227. The van der Waals surface area contributed by atoms with E-state index in [0.717, 1.165) is 19.4 Å². The summed E-state index contributed by atoms with van der Waals surface area (Å²) in [5, 5.41) is 2.80. The molecule has 0 spiro atoms. The molecule has 78 valence electrons. The van der Waals surface area contributed by atoms with Crippen LogP contribution in [0.2, 0.25) is 0 Å². The molecule has 2 nitrogen and oxygen atoms in total. The molecule has 0 saturated heterocycles. The van der Waals surface area contributed by atoms with Gasteiger partial charge in [0.05, 0.1) is 0 Å². The van der Waals surface area contributed by atoms with Crippen LogP contribution in [0.15, 0.2) is 12.2 Å². The fraction of sp³-hybridized carbons (Fsp3) is 0.545. The molecule has 0 aromatic carbocycles. The first-order chi connectivity index (χ1) is 6.66. The van der Waals surface area contributed by atoms with Gasteiger partial charge in [-0.15, -0.1) is 0 Å². The minimum atomic E-state index is -0.0227. The first-order valence-electron chi connectivity index (χ1n) is 4.69. The molecule has 3 heteroatoms. The second-order valence-electron chi connectivity index (χ2n) is 3.35. The van der Waals surface area contributed by atoms with Crippen molar-refractivity contribution < 1.29 is 4.79 Å². The number of allylic oxidation sites excluding steroid dienone is 1. The number of amides is 1. The molecule has 1 N–H and O–H groups in total. The molecule has 0 aromatic heterocycles. The summed E-state index contributed by atoms with van der Waals surface area (Å²) in [5.74, 6) is 3.33. The van der Waals surface area contributed by atoms with Crippen LogP contribution in [-0.2, 0) is 4.79 Å². The van der Waals surface area contributed by atoms with E-state index < -0.39 is 0 Å². The monoisotopic (exact) mass is 257 g/mol. The van der Waals surface area contributed by atoms with Crippen molar-refractivity contribution in [2.75, 3.05) is 6.54 Å². The number of halogens is 1. The van der Waals surface area contributed by atoms with E-state index in [2.05, 4.69) is 45.8 Å². The molecule has 0 rings (SSSR count). The van der Waals surface area contributed by atoms with Gasteiger partial charge in [0.1, 0.15) is 0 Å². The molecule has 0 aliphatic rings. The van der Waals surface area contributed by atoms with Crippen LogP contribution >= 0.6 is 15.9 Å². The molecule has 0 aromatic rings. The van der Waals surface area contributed by atoms with Crippen LogP contribution in [0.3, 0.4) is 0 Å². The quantitative estimate of drug-likeness (QED) is 0.458. The number of carbonyl (C=O) groups excluding carboxylic acids is 1. The lowest BCUT2D eigenvalue weighted by atomic mass is 10.2. The molecule has 1 amide bonds. The highest BCUT2D eigenvalue weighted by Gasteiger charge is 1.96. The van der Waals surface area contributed by atoms with Crippen molar-refractivity contribution in [3.8, 4) is 10.8 Å². The minimum Gasteiger partial charge on any atom is -0.352 e. The maximum absolute atomic E-state index is 11.1. The summed E-state index contributed by atoms with van der Waals surface area (Å²) in [6.45, 7) is 4.86. The van der Waals surface area contributed by atoms with Gasteiger partial charge >= 0.3 is 0 Å². The number of nitrogens with one attached hydrogen (secondary N) is 1. The zero-order valence-corrected chi connectivity index (χ0v) is 10.2. The molecule has 0 fully saturated rings. The average molecular weight is 258 g/mol. The van der Waals surface area contributed by atoms with Gasteiger partial charge in [0.25, 0.3) is 0 Å². The number of hydrogen-bond donors (Lipinski definition) is 1. The van der Waals surface area contributed by atoms with Gasteiger partial charge in [-0.3, -0.25) is 4.79 Å². The first-order valence-corrected chi connectivity index (χ1v) is 5.49. The summed E-state index contributed by atoms with van der Waals surface area (Å²) in [5.41, 5.74) is 0. The van der Waals surface area contributed by atoms with Gasteiger partial charge in [0, 0.05) is 28.9 Å². The molecule has 0 unspecified atom stereocenters. The van der Waals surface area contributed by atoms with Gasteiger partial charge in [-0.2, -0.15) is 0 Å². The Labute approximate surface area is 94.3 Å². The largest absolute Gasteiger partial charge is 0.352 e. The van der Waals surface area contributed by atoms with Gasteiger partial charge < -0.3 is 5.32 Å². The SMILES string of the molecule is CC(C)CNC(=O)/C=C/CCC#CBr. The molecule has 0 atom stereocenters. The van der Waals surface area contributed by atoms with Crippen molar-refractivity contribution in [3.05, 3.63) is 12.2 Å². The summed E-state index contributed by atoms with van der Waals surface area (Å²) in [6.07, 6.45) is 5.00. The Bertz CT molecular complexity index is 248. The molecule has 0 aliphatic carbocycles. The van der Waals surface area contributed by atoms with Crippen LogP contribution in [0.4, 0.5) is 0 Å². The van der Waals surface area contributed by atoms with Crippen LogP contribution < -0.4 is 5.32 Å². The van der Waals surface area contributed by atoms with Crippen molar-refractivity contribution in [1.29, 1.82) is 0 Å². The fourth-order valence-electron chi connectivity index (χ4n) is 0.757. The normalized spacial score (nSPS) is 10.0. The molecular weight excluding hydrogens is 242 g/mol. The van der Waals surface area contributed by atoms with Crippen LogP contribution in [0.25, 0.3) is 0 Å². The molecule has 0 heterocycles. The number of hydrogen-bond acceptors (Lipinski definition) is 1. The Morgan fingerprint density at radius 3 is 2.86 bits per heavy atom. The van der Waals surface area contributed by atoms with E-state index >= 15 is 0 Å². The first kappa shape index (κ1) is 13.2. The molecule has 0 aliphatic heterocycles. The lowest BCUT2D eigenvalue weighted by Gasteiger charge is -2.03. The smallest absolute Gasteiger partial charge is 0.243 e. The van der Waals surface area contributed by atoms with Crippen molar-refractivity contribution in [1.82, 2.24) is 5.32 Å². The van der Waals surface area contributed by atoms with Crippen LogP contribution in [-0.4, -0.2) is 12.5 Å². The Balaban J connectivity index is 3.54. The van der Waals surface area contributed by atoms with E-state index in [0.29, 0.717) is 5.92 Å². The zero-order chi connectivity index (χ0) is 10.8. The second-order valence-corrected chi connectivity index (χ2v) is 3.75. The lowest BCUT2D eigenvalue weighted by Crippen LogP contribution is -2.25. The molecule has 14 heavy (non-hydrogen) atoms. The van der Waals surface area contributed by atoms with E-state index in [1.54, 1.807) is 6.08 Å². The predicted molar refractivity (Wildman–Crippen MR) is 62.9 cm³/mol. The van der Waals surface area contributed by atoms with Crippen LogP contribution in [0.1, 0.15) is 26.7 Å². The van der Waals surface area contributed by atoms with E-state index in [1.165, 1.54) is 0 Å². The van der Waals surface area contributed by atoms with Gasteiger partial charge in [0.2, 0.25) is 5.91 Å². The third kappa shape index (κ3) is 9.34. The Morgan fingerprint density at radius 2 is 2.29 bits per heavy atom. The maximum atomic E-state index is 11.1. The Hall–Kier alpha value is -0.750. The zero-order valence-electron chi connectivity index (χ0n) is 8.64. The van der Waals surface area contributed by atoms with Gasteiger partial charge in [-0.1, -0.05) is 25.8 Å². The van der Waals surface area contributed by atoms with E-state index in [-0.39, 0.29) is 5.91 Å². The van der Waals surface area contributed by atoms with E-state index in [9.17, 15) is 4.79 Å². The summed E-state index contributed by atoms with van der Waals surface area (Å²) in [6, 6.07) is 0. The molecule has 0 bridgehead atoms. The van der Waals surface area contributed by atoms with Gasteiger partial charge in [-0.25, -0.2) is 0 Å². The maximum Gasteiger partial charge on any atom is 0.243 e. The highest BCUT2D eigenvalue weighted by atomic mass is 79.9. The summed E-state index contributed by atoms with van der Waals surface area (Å²) < 4.78 is 0. The van der Waals surface area contributed by atoms with Crippen LogP contribution in [0.5, 0.6) is 0 Å². The van der Waals surface area contributed by atoms with E-state index in [1.807, 2.05) is 6.08 Å². The summed E-state index contributed by atoms with van der Waals surface area (Å²) in [4.78, 5) is 13.8. The third-order valence-corrected chi connectivity index (χ3v) is 1.74. The predicted octanol–water partition coefficient (Wildman–Crippen LogP) is 2.45. The highest BCUT2D eigenvalue weighted by molar-refractivity contribution is 9.12. The third-order valence-electron chi connectivity index (χ3n) is 1.46. The van der Waals surface area contributed by atoms with Gasteiger partial charge in [-0.05, 0) is 23.2 Å². The lowest BCUT2D eigenvalue weighted by molar-refractivity contribution is -0.116. The average Bonchev–Trinajstić information content (AvgIpc) is 2.14. The fourth-order valence-corrected chi connectivity index (χ4v) is 0.955. The second kappa shape index (κ2) is 8.83. The Morgan fingerprint density at radius 1 is 1.57 bits per heavy atom. The number of rotatable bonds is 5. The van der Waals surface area contributed by atoms with E-state index in [4.69, 9.17) is 0 Å². The van der Waals surface area contributed by atoms with Crippen molar-refractivity contribution in [3.63, 3.8) is 0 Å².